The van der Waals surface area contributed by atoms with Crippen LogP contribution in [0.15, 0.2) is 32.7 Å². The van der Waals surface area contributed by atoms with Crippen LogP contribution in [0.2, 0.25) is 0 Å². The molecule has 0 radical (unpaired) electrons. The van der Waals surface area contributed by atoms with Gasteiger partial charge < -0.3 is 4.42 Å². The Hall–Kier alpha value is -0.250. The van der Waals surface area contributed by atoms with Crippen molar-refractivity contribution in [1.82, 2.24) is 0 Å². The van der Waals surface area contributed by atoms with E-state index < -0.39 is 0 Å². The van der Waals surface area contributed by atoms with Crippen LogP contribution in [0.5, 0.6) is 0 Å². The number of hydrogen-bond acceptors (Lipinski definition) is 2. The Balaban J connectivity index is 2.38. The quantitative estimate of drug-likeness (QED) is 0.728. The Bertz CT molecular complexity index is 395. The number of thiophene rings is 1. The van der Waals surface area contributed by atoms with E-state index in [1.807, 2.05) is 24.4 Å². The van der Waals surface area contributed by atoms with Gasteiger partial charge in [-0.2, -0.15) is 0 Å². The molecule has 0 bridgehead atoms. The Labute approximate surface area is 99.8 Å². The van der Waals surface area contributed by atoms with Gasteiger partial charge in [-0.15, -0.1) is 22.9 Å². The maximum atomic E-state index is 6.35. The SMILES string of the molecule is Cc1occc1C(Cl)c1sccc1Br. The lowest BCUT2D eigenvalue weighted by Crippen LogP contribution is -1.90. The zero-order valence-corrected chi connectivity index (χ0v) is 10.6. The van der Waals surface area contributed by atoms with Gasteiger partial charge in [0, 0.05) is 14.9 Å². The highest BCUT2D eigenvalue weighted by Gasteiger charge is 2.18. The first-order valence-corrected chi connectivity index (χ1v) is 6.22. The summed E-state index contributed by atoms with van der Waals surface area (Å²) in [6, 6.07) is 3.92. The second-order valence-electron chi connectivity index (χ2n) is 2.93. The molecule has 0 aliphatic rings. The van der Waals surface area contributed by atoms with E-state index in [1.54, 1.807) is 17.6 Å². The first-order chi connectivity index (χ1) is 6.70. The monoisotopic (exact) mass is 290 g/mol. The predicted molar refractivity (Wildman–Crippen MR) is 63.2 cm³/mol. The number of furan rings is 1. The van der Waals surface area contributed by atoms with Crippen LogP contribution >= 0.6 is 38.9 Å². The number of aryl methyl sites for hydroxylation is 1. The number of halogens is 2. The molecule has 0 saturated heterocycles. The van der Waals surface area contributed by atoms with E-state index in [2.05, 4.69) is 15.9 Å². The summed E-state index contributed by atoms with van der Waals surface area (Å²) in [7, 11) is 0. The van der Waals surface area contributed by atoms with Gasteiger partial charge in [0.15, 0.2) is 0 Å². The molecule has 0 aliphatic heterocycles. The van der Waals surface area contributed by atoms with Crippen molar-refractivity contribution in [3.63, 3.8) is 0 Å². The molecule has 0 aromatic carbocycles. The Morgan fingerprint density at radius 2 is 2.29 bits per heavy atom. The highest BCUT2D eigenvalue weighted by atomic mass is 79.9. The lowest BCUT2D eigenvalue weighted by atomic mass is 10.1. The van der Waals surface area contributed by atoms with Gasteiger partial charge in [0.1, 0.15) is 5.76 Å². The molecule has 1 nitrogen and oxygen atoms in total. The molecule has 0 N–H and O–H groups in total. The van der Waals surface area contributed by atoms with Gasteiger partial charge >= 0.3 is 0 Å². The van der Waals surface area contributed by atoms with Crippen molar-refractivity contribution < 1.29 is 4.42 Å². The van der Waals surface area contributed by atoms with Crippen molar-refractivity contribution in [1.29, 1.82) is 0 Å². The third-order valence-corrected chi connectivity index (χ3v) is 4.57. The summed E-state index contributed by atoms with van der Waals surface area (Å²) in [5, 5.41) is 1.90. The minimum Gasteiger partial charge on any atom is -0.469 e. The average Bonchev–Trinajstić information content (AvgIpc) is 2.73. The van der Waals surface area contributed by atoms with E-state index >= 15 is 0 Å². The van der Waals surface area contributed by atoms with Crippen LogP contribution in [0.25, 0.3) is 0 Å². The summed E-state index contributed by atoms with van der Waals surface area (Å²) in [6.07, 6.45) is 1.67. The molecule has 4 heteroatoms. The minimum atomic E-state index is -0.122. The molecule has 2 rings (SSSR count). The molecular formula is C10H8BrClOS. The van der Waals surface area contributed by atoms with Gasteiger partial charge in [-0.25, -0.2) is 0 Å². The molecule has 0 amide bonds. The second-order valence-corrected chi connectivity index (χ2v) is 5.17. The van der Waals surface area contributed by atoms with Gasteiger partial charge in [0.05, 0.1) is 11.6 Å². The van der Waals surface area contributed by atoms with Gasteiger partial charge in [-0.05, 0) is 40.4 Å². The fraction of sp³-hybridized carbons (Fsp3) is 0.200. The Morgan fingerprint density at radius 3 is 2.79 bits per heavy atom. The van der Waals surface area contributed by atoms with E-state index in [1.165, 1.54) is 0 Å². The van der Waals surface area contributed by atoms with Crippen LogP contribution in [0, 0.1) is 6.92 Å². The fourth-order valence-electron chi connectivity index (χ4n) is 1.29. The van der Waals surface area contributed by atoms with Crippen LogP contribution in [-0.4, -0.2) is 0 Å². The molecule has 0 saturated carbocycles. The normalized spacial score (nSPS) is 13.1. The van der Waals surface area contributed by atoms with Gasteiger partial charge in [0.25, 0.3) is 0 Å². The zero-order valence-electron chi connectivity index (χ0n) is 7.46. The topological polar surface area (TPSA) is 13.1 Å². The van der Waals surface area contributed by atoms with Crippen molar-refractivity contribution in [3.05, 3.63) is 44.4 Å². The molecule has 74 valence electrons. The van der Waals surface area contributed by atoms with Crippen molar-refractivity contribution in [2.45, 2.75) is 12.3 Å². The second kappa shape index (κ2) is 4.09. The van der Waals surface area contributed by atoms with Crippen LogP contribution in [0.4, 0.5) is 0 Å². The Kier molecular flexibility index (Phi) is 3.00. The van der Waals surface area contributed by atoms with Gasteiger partial charge in [-0.3, -0.25) is 0 Å². The minimum absolute atomic E-state index is 0.122. The summed E-state index contributed by atoms with van der Waals surface area (Å²) in [5.74, 6) is 0.880. The maximum absolute atomic E-state index is 6.35. The molecule has 2 aromatic heterocycles. The number of alkyl halides is 1. The maximum Gasteiger partial charge on any atom is 0.105 e. The molecule has 2 aromatic rings. The molecule has 1 unspecified atom stereocenters. The first kappa shape index (κ1) is 10.3. The van der Waals surface area contributed by atoms with E-state index in [9.17, 15) is 0 Å². The third-order valence-electron chi connectivity index (χ3n) is 2.05. The standard InChI is InChI=1S/C10H8BrClOS/c1-6-7(2-4-13-6)9(12)10-8(11)3-5-14-10/h2-5,9H,1H3. The van der Waals surface area contributed by atoms with E-state index in [0.29, 0.717) is 0 Å². The molecular weight excluding hydrogens is 284 g/mol. The highest BCUT2D eigenvalue weighted by Crippen LogP contribution is 2.38. The molecule has 0 aliphatic carbocycles. The van der Waals surface area contributed by atoms with E-state index in [0.717, 1.165) is 20.7 Å². The lowest BCUT2D eigenvalue weighted by Gasteiger charge is -2.06. The molecule has 0 spiro atoms. The van der Waals surface area contributed by atoms with Crippen LogP contribution in [0.3, 0.4) is 0 Å². The summed E-state index contributed by atoms with van der Waals surface area (Å²) < 4.78 is 6.29. The zero-order chi connectivity index (χ0) is 10.1. The predicted octanol–water partition coefficient (Wildman–Crippen LogP) is 4.74. The van der Waals surface area contributed by atoms with Crippen molar-refractivity contribution in [2.75, 3.05) is 0 Å². The summed E-state index contributed by atoms with van der Waals surface area (Å²) in [6.45, 7) is 1.92. The van der Waals surface area contributed by atoms with Gasteiger partial charge in [0.2, 0.25) is 0 Å². The average molecular weight is 292 g/mol. The highest BCUT2D eigenvalue weighted by molar-refractivity contribution is 9.10. The van der Waals surface area contributed by atoms with Crippen molar-refractivity contribution in [3.8, 4) is 0 Å². The summed E-state index contributed by atoms with van der Waals surface area (Å²) in [4.78, 5) is 1.12. The third kappa shape index (κ3) is 1.76. The fourth-order valence-corrected chi connectivity index (χ4v) is 3.51. The molecule has 2 heterocycles. The Morgan fingerprint density at radius 1 is 1.50 bits per heavy atom. The number of rotatable bonds is 2. The largest absolute Gasteiger partial charge is 0.469 e. The molecule has 0 fully saturated rings. The molecule has 1 atom stereocenters. The molecule has 14 heavy (non-hydrogen) atoms. The van der Waals surface area contributed by atoms with E-state index in [-0.39, 0.29) is 5.38 Å². The van der Waals surface area contributed by atoms with Crippen molar-refractivity contribution >= 4 is 38.9 Å². The van der Waals surface area contributed by atoms with E-state index in [4.69, 9.17) is 16.0 Å². The van der Waals surface area contributed by atoms with Crippen molar-refractivity contribution in [2.24, 2.45) is 0 Å². The lowest BCUT2D eigenvalue weighted by molar-refractivity contribution is 0.530. The van der Waals surface area contributed by atoms with Crippen LogP contribution in [0.1, 0.15) is 21.6 Å². The number of hydrogen-bond donors (Lipinski definition) is 0. The summed E-state index contributed by atoms with van der Waals surface area (Å²) >= 11 is 11.5. The van der Waals surface area contributed by atoms with Crippen LogP contribution < -0.4 is 0 Å². The summed E-state index contributed by atoms with van der Waals surface area (Å²) in [5.41, 5.74) is 1.04. The van der Waals surface area contributed by atoms with Crippen LogP contribution in [-0.2, 0) is 0 Å². The van der Waals surface area contributed by atoms with Gasteiger partial charge in [-0.1, -0.05) is 0 Å². The first-order valence-electron chi connectivity index (χ1n) is 4.11. The smallest absolute Gasteiger partial charge is 0.105 e.